The van der Waals surface area contributed by atoms with Crippen molar-refractivity contribution in [3.05, 3.63) is 35.9 Å². The summed E-state index contributed by atoms with van der Waals surface area (Å²) in [7, 11) is -0.763. The van der Waals surface area contributed by atoms with Gasteiger partial charge < -0.3 is 20.4 Å². The number of anilines is 3. The highest BCUT2D eigenvalue weighted by Crippen LogP contribution is 2.30. The summed E-state index contributed by atoms with van der Waals surface area (Å²) in [5.74, 6) is 3.50. The molecule has 0 aliphatic carbocycles. The first-order chi connectivity index (χ1) is 16.2. The van der Waals surface area contributed by atoms with Gasteiger partial charge in [0.15, 0.2) is 22.8 Å². The molecule has 0 atom stereocenters. The summed E-state index contributed by atoms with van der Waals surface area (Å²) in [6.07, 6.45) is 2.00. The van der Waals surface area contributed by atoms with Gasteiger partial charge in [0, 0.05) is 68.1 Å². The molecule has 0 radical (unpaired) electrons. The maximum Gasteiger partial charge on any atom is 0.229 e. The minimum Gasteiger partial charge on any atom is -0.364 e. The van der Waals surface area contributed by atoms with Crippen molar-refractivity contribution in [1.29, 1.82) is 0 Å². The lowest BCUT2D eigenvalue weighted by Crippen LogP contribution is -2.44. The van der Waals surface area contributed by atoms with Crippen LogP contribution in [0.3, 0.4) is 0 Å². The molecule has 33 heavy (non-hydrogen) atoms. The Kier molecular flexibility index (Phi) is 6.88. The molecular weight excluding hydrogens is 456 g/mol. The lowest BCUT2D eigenvalue weighted by atomic mass is 10.2. The second-order valence-corrected chi connectivity index (χ2v) is 10.5. The molecule has 0 bridgehead atoms. The Morgan fingerprint density at radius 3 is 2.48 bits per heavy atom. The van der Waals surface area contributed by atoms with Crippen LogP contribution in [0.25, 0.3) is 11.2 Å². The van der Waals surface area contributed by atoms with Crippen molar-refractivity contribution in [2.75, 3.05) is 72.1 Å². The first kappa shape index (κ1) is 22.3. The molecule has 0 amide bonds. The fourth-order valence-corrected chi connectivity index (χ4v) is 5.57. The van der Waals surface area contributed by atoms with Gasteiger partial charge in [0.05, 0.1) is 0 Å². The largest absolute Gasteiger partial charge is 0.364 e. The quantitative estimate of drug-likeness (QED) is 0.503. The van der Waals surface area contributed by atoms with Gasteiger partial charge in [-0.15, -0.1) is 11.8 Å². The van der Waals surface area contributed by atoms with E-state index in [1.54, 1.807) is 11.8 Å². The van der Waals surface area contributed by atoms with Crippen LogP contribution in [0.4, 0.5) is 17.6 Å². The second kappa shape index (κ2) is 10.2. The lowest BCUT2D eigenvalue weighted by Gasteiger charge is -2.31. The Morgan fingerprint density at radius 1 is 1.00 bits per heavy atom. The van der Waals surface area contributed by atoms with Crippen molar-refractivity contribution in [3.63, 3.8) is 0 Å². The SMILES string of the molecule is CSc1nc2c(N3CCS(=O)CC3)nc(N3CCNCC3)nc2nc1NCc1ccccc1. The maximum absolute atomic E-state index is 11.9. The van der Waals surface area contributed by atoms with Crippen LogP contribution in [0.5, 0.6) is 0 Å². The van der Waals surface area contributed by atoms with Gasteiger partial charge in [0.1, 0.15) is 5.03 Å². The van der Waals surface area contributed by atoms with E-state index in [0.29, 0.717) is 48.3 Å². The molecule has 0 saturated carbocycles. The number of hydrogen-bond acceptors (Lipinski definition) is 10. The Morgan fingerprint density at radius 2 is 1.76 bits per heavy atom. The minimum atomic E-state index is -0.763. The molecular formula is C22H28N8OS2. The highest BCUT2D eigenvalue weighted by molar-refractivity contribution is 7.98. The molecule has 3 aromatic rings. The molecule has 11 heteroatoms. The standard InChI is InChI=1S/C22H28N8OS2/c1-32-21-19(24-15-16-5-3-2-4-6-16)26-18-17(25-21)20(29-11-13-33(31)14-12-29)28-22(27-18)30-9-7-23-8-10-30/h2-6,23H,7-15H2,1H3,(H,24,26,27,28). The molecule has 2 fully saturated rings. The molecule has 0 unspecified atom stereocenters. The Hall–Kier alpha value is -2.50. The topological polar surface area (TPSA) is 99.2 Å². The average Bonchev–Trinajstić information content (AvgIpc) is 2.88. The van der Waals surface area contributed by atoms with Gasteiger partial charge >= 0.3 is 0 Å². The van der Waals surface area contributed by atoms with Gasteiger partial charge in [-0.3, -0.25) is 4.21 Å². The van der Waals surface area contributed by atoms with Crippen LogP contribution in [-0.2, 0) is 17.3 Å². The Balaban J connectivity index is 1.55. The second-order valence-electron chi connectivity index (χ2n) is 8.01. The van der Waals surface area contributed by atoms with Crippen LogP contribution in [0.15, 0.2) is 35.4 Å². The van der Waals surface area contributed by atoms with Crippen LogP contribution in [-0.4, -0.2) is 81.2 Å². The van der Waals surface area contributed by atoms with E-state index in [0.717, 1.165) is 42.8 Å². The van der Waals surface area contributed by atoms with Gasteiger partial charge in [-0.2, -0.15) is 9.97 Å². The molecule has 5 rings (SSSR count). The Labute approximate surface area is 200 Å². The first-order valence-corrected chi connectivity index (χ1v) is 13.9. The zero-order chi connectivity index (χ0) is 22.6. The van der Waals surface area contributed by atoms with Crippen molar-refractivity contribution in [3.8, 4) is 0 Å². The fraction of sp³-hybridized carbons (Fsp3) is 0.455. The molecule has 2 N–H and O–H groups in total. The van der Waals surface area contributed by atoms with Gasteiger partial charge in [0.2, 0.25) is 5.95 Å². The number of piperazine rings is 1. The van der Waals surface area contributed by atoms with Gasteiger partial charge in [-0.1, -0.05) is 30.3 Å². The smallest absolute Gasteiger partial charge is 0.229 e. The monoisotopic (exact) mass is 484 g/mol. The number of hydrogen-bond donors (Lipinski definition) is 2. The number of nitrogens with one attached hydrogen (secondary N) is 2. The molecule has 1 aromatic carbocycles. The predicted molar refractivity (Wildman–Crippen MR) is 136 cm³/mol. The number of rotatable bonds is 6. The summed E-state index contributed by atoms with van der Waals surface area (Å²) in [4.78, 5) is 24.0. The maximum atomic E-state index is 11.9. The van der Waals surface area contributed by atoms with Crippen LogP contribution in [0.1, 0.15) is 5.56 Å². The molecule has 0 spiro atoms. The summed E-state index contributed by atoms with van der Waals surface area (Å²) in [6.45, 7) is 5.57. The highest BCUT2D eigenvalue weighted by Gasteiger charge is 2.24. The summed E-state index contributed by atoms with van der Waals surface area (Å²) in [6, 6.07) is 10.2. The van der Waals surface area contributed by atoms with Gasteiger partial charge in [-0.25, -0.2) is 9.97 Å². The van der Waals surface area contributed by atoms with E-state index in [4.69, 9.17) is 19.9 Å². The molecule has 2 aromatic heterocycles. The van der Waals surface area contributed by atoms with Crippen molar-refractivity contribution in [2.45, 2.75) is 11.6 Å². The normalized spacial score (nSPS) is 17.5. The van der Waals surface area contributed by atoms with Crippen LogP contribution >= 0.6 is 11.8 Å². The predicted octanol–water partition coefficient (Wildman–Crippen LogP) is 1.73. The highest BCUT2D eigenvalue weighted by atomic mass is 32.2. The lowest BCUT2D eigenvalue weighted by molar-refractivity contribution is 0.580. The molecule has 174 valence electrons. The van der Waals surface area contributed by atoms with Crippen LogP contribution < -0.4 is 20.4 Å². The molecule has 2 aliphatic rings. The van der Waals surface area contributed by atoms with Gasteiger partial charge in [-0.05, 0) is 11.8 Å². The summed E-state index contributed by atoms with van der Waals surface area (Å²) in [5, 5.41) is 7.64. The first-order valence-electron chi connectivity index (χ1n) is 11.2. The van der Waals surface area contributed by atoms with Crippen molar-refractivity contribution >= 4 is 51.3 Å². The van der Waals surface area contributed by atoms with E-state index in [-0.39, 0.29) is 0 Å². The average molecular weight is 485 g/mol. The van der Waals surface area contributed by atoms with Crippen molar-refractivity contribution in [2.24, 2.45) is 0 Å². The van der Waals surface area contributed by atoms with E-state index < -0.39 is 10.8 Å². The molecule has 2 aliphatic heterocycles. The van der Waals surface area contributed by atoms with E-state index in [9.17, 15) is 4.21 Å². The third-order valence-corrected chi connectivity index (χ3v) is 7.79. The fourth-order valence-electron chi connectivity index (χ4n) is 4.02. The van der Waals surface area contributed by atoms with Crippen molar-refractivity contribution < 1.29 is 4.21 Å². The summed E-state index contributed by atoms with van der Waals surface area (Å²) >= 11 is 1.56. The van der Waals surface area contributed by atoms with Crippen LogP contribution in [0.2, 0.25) is 0 Å². The summed E-state index contributed by atoms with van der Waals surface area (Å²) < 4.78 is 11.9. The number of aromatic nitrogens is 4. The number of benzene rings is 1. The zero-order valence-corrected chi connectivity index (χ0v) is 20.3. The molecule has 2 saturated heterocycles. The number of fused-ring (bicyclic) bond motifs is 1. The number of thioether (sulfide) groups is 1. The van der Waals surface area contributed by atoms with Crippen molar-refractivity contribution in [1.82, 2.24) is 25.3 Å². The molecule has 9 nitrogen and oxygen atoms in total. The zero-order valence-electron chi connectivity index (χ0n) is 18.7. The third kappa shape index (κ3) is 5.04. The van der Waals surface area contributed by atoms with E-state index in [1.807, 2.05) is 24.5 Å². The third-order valence-electron chi connectivity index (χ3n) is 5.84. The van der Waals surface area contributed by atoms with E-state index in [2.05, 4.69) is 32.6 Å². The van der Waals surface area contributed by atoms with E-state index >= 15 is 0 Å². The van der Waals surface area contributed by atoms with E-state index in [1.165, 1.54) is 5.56 Å². The molecule has 4 heterocycles. The summed E-state index contributed by atoms with van der Waals surface area (Å²) in [5.41, 5.74) is 2.47. The number of nitrogens with zero attached hydrogens (tertiary/aromatic N) is 6. The minimum absolute atomic E-state index is 0.591. The Bertz CT molecular complexity index is 1130. The van der Waals surface area contributed by atoms with Gasteiger partial charge in [0.25, 0.3) is 0 Å². The van der Waals surface area contributed by atoms with Crippen LogP contribution in [0, 0.1) is 0 Å².